The summed E-state index contributed by atoms with van der Waals surface area (Å²) >= 11 is 4.74. The molecule has 216 valence electrons. The van der Waals surface area contributed by atoms with Gasteiger partial charge in [-0.25, -0.2) is 4.79 Å². The second-order valence-corrected chi connectivity index (χ2v) is 10.7. The van der Waals surface area contributed by atoms with Crippen molar-refractivity contribution in [3.8, 4) is 5.75 Å². The van der Waals surface area contributed by atoms with Crippen molar-refractivity contribution in [3.63, 3.8) is 0 Å². The predicted octanol–water partition coefficient (Wildman–Crippen LogP) is 5.35. The number of thiazole rings is 1. The molecule has 0 aliphatic carbocycles. The molecule has 1 N–H and O–H groups in total. The monoisotopic (exact) mass is 642 g/mol. The van der Waals surface area contributed by atoms with Crippen LogP contribution in [0.15, 0.2) is 81.2 Å². The lowest BCUT2D eigenvalue weighted by molar-refractivity contribution is -0.151. The molecule has 11 heteroatoms. The van der Waals surface area contributed by atoms with Gasteiger partial charge in [0.1, 0.15) is 25.2 Å². The van der Waals surface area contributed by atoms with E-state index >= 15 is 0 Å². The number of carboxylic acid groups (broad SMARTS) is 1. The van der Waals surface area contributed by atoms with Gasteiger partial charge >= 0.3 is 10.8 Å². The number of oxime groups is 1. The summed E-state index contributed by atoms with van der Waals surface area (Å²) in [5.74, 6) is -0.390. The van der Waals surface area contributed by atoms with Gasteiger partial charge in [0.25, 0.3) is 0 Å². The molecule has 1 aromatic heterocycles. The minimum absolute atomic E-state index is 0.0775. The number of halogens is 1. The molecule has 0 spiro atoms. The van der Waals surface area contributed by atoms with Crippen LogP contribution >= 0.6 is 27.3 Å². The number of benzene rings is 3. The SMILES string of the molecule is CCOCCOC(Cc1ccc(OCCn2c(=O)sc3cc(C(=NOC)c4ccccc4Br)ccc32)cc1)C(=O)O. The van der Waals surface area contributed by atoms with Crippen LogP contribution in [0.1, 0.15) is 23.6 Å². The highest BCUT2D eigenvalue weighted by Gasteiger charge is 2.19. The molecule has 0 aliphatic rings. The van der Waals surface area contributed by atoms with Crippen molar-refractivity contribution in [2.24, 2.45) is 5.16 Å². The fraction of sp³-hybridized carbons (Fsp3) is 0.300. The number of hydrogen-bond donors (Lipinski definition) is 1. The van der Waals surface area contributed by atoms with Crippen LogP contribution in [-0.4, -0.2) is 61.0 Å². The Labute approximate surface area is 250 Å². The van der Waals surface area contributed by atoms with E-state index in [-0.39, 0.29) is 17.9 Å². The van der Waals surface area contributed by atoms with Crippen LogP contribution in [0.2, 0.25) is 0 Å². The first-order valence-corrected chi connectivity index (χ1v) is 14.7. The first kappa shape index (κ1) is 30.4. The van der Waals surface area contributed by atoms with E-state index < -0.39 is 12.1 Å². The van der Waals surface area contributed by atoms with E-state index in [4.69, 9.17) is 19.0 Å². The number of nitrogens with zero attached hydrogens (tertiary/aromatic N) is 2. The number of fused-ring (bicyclic) bond motifs is 1. The topological polar surface area (TPSA) is 109 Å². The second kappa shape index (κ2) is 14.9. The fourth-order valence-electron chi connectivity index (χ4n) is 4.23. The number of carbonyl (C=O) groups is 1. The molecular weight excluding hydrogens is 612 g/mol. The van der Waals surface area contributed by atoms with Crippen molar-refractivity contribution in [1.82, 2.24) is 4.57 Å². The number of carboxylic acids is 1. The van der Waals surface area contributed by atoms with Gasteiger partial charge in [-0.05, 0) is 42.8 Å². The van der Waals surface area contributed by atoms with Gasteiger partial charge in [0.15, 0.2) is 6.10 Å². The van der Waals surface area contributed by atoms with Crippen molar-refractivity contribution in [2.75, 3.05) is 33.5 Å². The largest absolute Gasteiger partial charge is 0.492 e. The molecule has 1 heterocycles. The summed E-state index contributed by atoms with van der Waals surface area (Å²) in [6.07, 6.45) is -0.717. The molecule has 0 fully saturated rings. The summed E-state index contributed by atoms with van der Waals surface area (Å²) in [5.41, 5.74) is 4.01. The Hall–Kier alpha value is -3.51. The predicted molar refractivity (Wildman–Crippen MR) is 162 cm³/mol. The lowest BCUT2D eigenvalue weighted by Crippen LogP contribution is -2.28. The van der Waals surface area contributed by atoms with Crippen molar-refractivity contribution in [3.05, 3.63) is 97.6 Å². The molecule has 0 saturated heterocycles. The van der Waals surface area contributed by atoms with Crippen LogP contribution in [0.3, 0.4) is 0 Å². The van der Waals surface area contributed by atoms with E-state index in [0.717, 1.165) is 31.4 Å². The zero-order valence-corrected chi connectivity index (χ0v) is 25.2. The number of ether oxygens (including phenoxy) is 3. The molecular formula is C30H31BrN2O7S. The first-order chi connectivity index (χ1) is 19.9. The molecule has 0 bridgehead atoms. The number of rotatable bonds is 15. The van der Waals surface area contributed by atoms with Gasteiger partial charge in [-0.3, -0.25) is 9.36 Å². The minimum Gasteiger partial charge on any atom is -0.492 e. The molecule has 0 amide bonds. The lowest BCUT2D eigenvalue weighted by Gasteiger charge is -2.14. The molecule has 0 saturated carbocycles. The normalized spacial score (nSPS) is 12.4. The molecule has 1 atom stereocenters. The Morgan fingerprint density at radius 2 is 1.85 bits per heavy atom. The van der Waals surface area contributed by atoms with Crippen molar-refractivity contribution in [2.45, 2.75) is 26.0 Å². The standard InChI is InChI=1S/C30H31BrN2O7S/c1-3-38-16-17-40-26(29(34)35)18-20-8-11-22(12-9-20)39-15-14-33-25-13-10-21(19-27(25)41-30(33)36)28(32-37-2)23-6-4-5-7-24(23)31/h4-13,19,26H,3,14-18H2,1-2H3,(H,34,35). The Kier molecular flexibility index (Phi) is 11.1. The van der Waals surface area contributed by atoms with E-state index in [2.05, 4.69) is 21.1 Å². The Morgan fingerprint density at radius 3 is 2.56 bits per heavy atom. The van der Waals surface area contributed by atoms with E-state index in [0.29, 0.717) is 37.8 Å². The highest BCUT2D eigenvalue weighted by Crippen LogP contribution is 2.25. The number of aliphatic carboxylic acids is 1. The average Bonchev–Trinajstić information content (AvgIpc) is 3.28. The van der Waals surface area contributed by atoms with E-state index in [9.17, 15) is 14.7 Å². The first-order valence-electron chi connectivity index (χ1n) is 13.0. The highest BCUT2D eigenvalue weighted by atomic mass is 79.9. The maximum Gasteiger partial charge on any atom is 0.333 e. The molecule has 41 heavy (non-hydrogen) atoms. The molecule has 4 rings (SSSR count). The van der Waals surface area contributed by atoms with Gasteiger partial charge in [-0.1, -0.05) is 68.8 Å². The van der Waals surface area contributed by atoms with Gasteiger partial charge in [0.05, 0.1) is 30.0 Å². The summed E-state index contributed by atoms with van der Waals surface area (Å²) in [7, 11) is 1.50. The molecule has 0 aliphatic heterocycles. The lowest BCUT2D eigenvalue weighted by atomic mass is 10.0. The van der Waals surface area contributed by atoms with Gasteiger partial charge in [-0.2, -0.15) is 0 Å². The summed E-state index contributed by atoms with van der Waals surface area (Å²) in [5, 5.41) is 13.7. The quantitative estimate of drug-likeness (QED) is 0.106. The van der Waals surface area contributed by atoms with Gasteiger partial charge in [0, 0.05) is 28.6 Å². The third-order valence-corrected chi connectivity index (χ3v) is 7.84. The van der Waals surface area contributed by atoms with Gasteiger partial charge in [0.2, 0.25) is 0 Å². The number of aromatic nitrogens is 1. The van der Waals surface area contributed by atoms with E-state index in [1.807, 2.05) is 61.5 Å². The van der Waals surface area contributed by atoms with Crippen LogP contribution in [0, 0.1) is 0 Å². The van der Waals surface area contributed by atoms with E-state index in [1.165, 1.54) is 18.4 Å². The zero-order valence-electron chi connectivity index (χ0n) is 22.7. The summed E-state index contributed by atoms with van der Waals surface area (Å²) in [6, 6.07) is 20.7. The molecule has 1 unspecified atom stereocenters. The molecule has 9 nitrogen and oxygen atoms in total. The third-order valence-electron chi connectivity index (χ3n) is 6.21. The van der Waals surface area contributed by atoms with Crippen molar-refractivity contribution >= 4 is 49.2 Å². The van der Waals surface area contributed by atoms with Crippen LogP contribution < -0.4 is 9.61 Å². The fourth-order valence-corrected chi connectivity index (χ4v) is 5.66. The zero-order chi connectivity index (χ0) is 29.2. The van der Waals surface area contributed by atoms with Crippen molar-refractivity contribution < 1.29 is 28.9 Å². The second-order valence-electron chi connectivity index (χ2n) is 8.90. The molecule has 3 aromatic carbocycles. The van der Waals surface area contributed by atoms with Gasteiger partial charge in [-0.15, -0.1) is 0 Å². The van der Waals surface area contributed by atoms with Crippen LogP contribution in [0.5, 0.6) is 5.75 Å². The number of hydrogen-bond acceptors (Lipinski definition) is 8. The van der Waals surface area contributed by atoms with Crippen molar-refractivity contribution in [1.29, 1.82) is 0 Å². The van der Waals surface area contributed by atoms with Crippen LogP contribution in [0.4, 0.5) is 0 Å². The third kappa shape index (κ3) is 8.04. The Balaban J connectivity index is 1.39. The smallest absolute Gasteiger partial charge is 0.333 e. The maximum absolute atomic E-state index is 12.8. The van der Waals surface area contributed by atoms with Crippen LogP contribution in [-0.2, 0) is 32.1 Å². The summed E-state index contributed by atoms with van der Waals surface area (Å²) in [4.78, 5) is 29.4. The Morgan fingerprint density at radius 1 is 1.07 bits per heavy atom. The minimum atomic E-state index is -1.02. The summed E-state index contributed by atoms with van der Waals surface area (Å²) < 4.78 is 20.0. The summed E-state index contributed by atoms with van der Waals surface area (Å²) in [6.45, 7) is 3.66. The Bertz CT molecular complexity index is 1550. The van der Waals surface area contributed by atoms with Gasteiger partial charge < -0.3 is 24.2 Å². The molecule has 4 aromatic rings. The average molecular weight is 644 g/mol. The van der Waals surface area contributed by atoms with E-state index in [1.54, 1.807) is 16.7 Å². The maximum atomic E-state index is 12.8. The molecule has 0 radical (unpaired) electrons. The highest BCUT2D eigenvalue weighted by molar-refractivity contribution is 9.10. The van der Waals surface area contributed by atoms with Crippen LogP contribution in [0.25, 0.3) is 10.2 Å².